The van der Waals surface area contributed by atoms with E-state index in [-0.39, 0.29) is 6.03 Å². The number of aromatic nitrogens is 4. The quantitative estimate of drug-likeness (QED) is 0.835. The first-order chi connectivity index (χ1) is 11.6. The molecular formula is C16H21N7O. The number of carbonyl (C=O) groups is 1. The van der Waals surface area contributed by atoms with Gasteiger partial charge >= 0.3 is 6.03 Å². The summed E-state index contributed by atoms with van der Waals surface area (Å²) in [6, 6.07) is 0.397. The molecule has 8 nitrogen and oxygen atoms in total. The van der Waals surface area contributed by atoms with Crippen LogP contribution in [0.4, 0.5) is 10.5 Å². The maximum Gasteiger partial charge on any atom is 0.324 e. The van der Waals surface area contributed by atoms with Gasteiger partial charge < -0.3 is 4.90 Å². The van der Waals surface area contributed by atoms with Gasteiger partial charge in [0, 0.05) is 58.4 Å². The lowest BCUT2D eigenvalue weighted by atomic mass is 10.1. The molecule has 2 aliphatic rings. The van der Waals surface area contributed by atoms with Gasteiger partial charge in [0.05, 0.1) is 29.3 Å². The smallest absolute Gasteiger partial charge is 0.324 e. The first-order valence-electron chi connectivity index (χ1n) is 8.17. The standard InChI is InChI=1S/C16H21N7O/c1-12-15(18-4-3-17-12)11-21-8-14(9-21)23-10-13(7-19-23)22-6-5-20(2)16(22)24/h3-4,7,10,14H,5-6,8-9,11H2,1-2H3. The van der Waals surface area contributed by atoms with Crippen molar-refractivity contribution in [3.63, 3.8) is 0 Å². The van der Waals surface area contributed by atoms with E-state index in [4.69, 9.17) is 0 Å². The zero-order valence-corrected chi connectivity index (χ0v) is 14.0. The predicted octanol–water partition coefficient (Wildman–Crippen LogP) is 0.910. The van der Waals surface area contributed by atoms with Crippen molar-refractivity contribution in [3.05, 3.63) is 36.2 Å². The van der Waals surface area contributed by atoms with Gasteiger partial charge in [-0.2, -0.15) is 5.10 Å². The Kier molecular flexibility index (Phi) is 3.68. The highest BCUT2D eigenvalue weighted by molar-refractivity contribution is 5.93. The summed E-state index contributed by atoms with van der Waals surface area (Å²) in [5.74, 6) is 0. The Bertz CT molecular complexity index is 752. The summed E-state index contributed by atoms with van der Waals surface area (Å²) in [7, 11) is 1.82. The van der Waals surface area contributed by atoms with Crippen molar-refractivity contribution in [1.82, 2.24) is 29.5 Å². The number of nitrogens with zero attached hydrogens (tertiary/aromatic N) is 7. The molecule has 0 saturated carbocycles. The Hall–Kier alpha value is -2.48. The Balaban J connectivity index is 1.36. The van der Waals surface area contributed by atoms with E-state index in [2.05, 4.69) is 20.0 Å². The van der Waals surface area contributed by atoms with E-state index in [9.17, 15) is 4.79 Å². The molecule has 4 rings (SSSR count). The molecular weight excluding hydrogens is 306 g/mol. The molecule has 0 unspecified atom stereocenters. The highest BCUT2D eigenvalue weighted by Gasteiger charge is 2.31. The number of likely N-dealkylation sites (N-methyl/N-ethyl adjacent to an activating group) is 1. The number of anilines is 1. The monoisotopic (exact) mass is 327 g/mol. The molecule has 126 valence electrons. The fraction of sp³-hybridized carbons (Fsp3) is 0.500. The summed E-state index contributed by atoms with van der Waals surface area (Å²) in [6.45, 7) is 6.17. The van der Waals surface area contributed by atoms with Crippen LogP contribution < -0.4 is 4.90 Å². The maximum absolute atomic E-state index is 12.0. The van der Waals surface area contributed by atoms with E-state index < -0.39 is 0 Å². The number of carbonyl (C=O) groups excluding carboxylic acids is 1. The molecule has 4 heterocycles. The normalized spacial score (nSPS) is 19.2. The summed E-state index contributed by atoms with van der Waals surface area (Å²) in [4.78, 5) is 26.6. The summed E-state index contributed by atoms with van der Waals surface area (Å²) in [5.41, 5.74) is 2.90. The second-order valence-electron chi connectivity index (χ2n) is 6.47. The van der Waals surface area contributed by atoms with Crippen molar-refractivity contribution in [2.75, 3.05) is 38.1 Å². The van der Waals surface area contributed by atoms with Crippen molar-refractivity contribution in [2.24, 2.45) is 0 Å². The van der Waals surface area contributed by atoms with Gasteiger partial charge in [-0.1, -0.05) is 0 Å². The van der Waals surface area contributed by atoms with Crippen LogP contribution in [-0.2, 0) is 6.54 Å². The third-order valence-corrected chi connectivity index (χ3v) is 4.78. The van der Waals surface area contributed by atoms with Gasteiger partial charge in [0.15, 0.2) is 0 Å². The summed E-state index contributed by atoms with van der Waals surface area (Å²) in [5, 5.41) is 4.45. The van der Waals surface area contributed by atoms with E-state index in [0.717, 1.165) is 49.8 Å². The van der Waals surface area contributed by atoms with Crippen molar-refractivity contribution in [2.45, 2.75) is 19.5 Å². The minimum Gasteiger partial charge on any atom is -0.326 e. The maximum atomic E-state index is 12.0. The van der Waals surface area contributed by atoms with Gasteiger partial charge in [0.25, 0.3) is 0 Å². The lowest BCUT2D eigenvalue weighted by Crippen LogP contribution is -2.47. The van der Waals surface area contributed by atoms with E-state index in [0.29, 0.717) is 6.04 Å². The van der Waals surface area contributed by atoms with Crippen LogP contribution >= 0.6 is 0 Å². The van der Waals surface area contributed by atoms with Crippen molar-refractivity contribution in [1.29, 1.82) is 0 Å². The van der Waals surface area contributed by atoms with Crippen molar-refractivity contribution < 1.29 is 4.79 Å². The van der Waals surface area contributed by atoms with Gasteiger partial charge in [0.1, 0.15) is 0 Å². The SMILES string of the molecule is Cc1nccnc1CN1CC(n2cc(N3CCN(C)C3=O)cn2)C1. The van der Waals surface area contributed by atoms with E-state index in [1.807, 2.05) is 24.9 Å². The van der Waals surface area contributed by atoms with Crippen LogP contribution in [-0.4, -0.2) is 68.8 Å². The fourth-order valence-corrected chi connectivity index (χ4v) is 3.20. The van der Waals surface area contributed by atoms with Crippen LogP contribution in [0.15, 0.2) is 24.8 Å². The topological polar surface area (TPSA) is 70.4 Å². The van der Waals surface area contributed by atoms with Gasteiger partial charge in [-0.25, -0.2) is 4.79 Å². The number of likely N-dealkylation sites (tertiary alicyclic amines) is 1. The molecule has 8 heteroatoms. The number of amides is 2. The van der Waals surface area contributed by atoms with Gasteiger partial charge in [-0.05, 0) is 6.92 Å². The molecule has 2 fully saturated rings. The predicted molar refractivity (Wildman–Crippen MR) is 88.7 cm³/mol. The lowest BCUT2D eigenvalue weighted by Gasteiger charge is -2.39. The lowest BCUT2D eigenvalue weighted by molar-refractivity contribution is 0.0892. The molecule has 2 aromatic rings. The van der Waals surface area contributed by atoms with Crippen molar-refractivity contribution >= 4 is 11.7 Å². The molecule has 0 spiro atoms. The molecule has 0 radical (unpaired) electrons. The molecule has 0 atom stereocenters. The van der Waals surface area contributed by atoms with Gasteiger partial charge in [-0.15, -0.1) is 0 Å². The third-order valence-electron chi connectivity index (χ3n) is 4.78. The number of hydrogen-bond acceptors (Lipinski definition) is 5. The average molecular weight is 327 g/mol. The van der Waals surface area contributed by atoms with E-state index in [1.54, 1.807) is 28.4 Å². The Labute approximate surface area is 140 Å². The van der Waals surface area contributed by atoms with Gasteiger partial charge in [0.2, 0.25) is 0 Å². The average Bonchev–Trinajstić information content (AvgIpc) is 3.12. The van der Waals surface area contributed by atoms with E-state index in [1.165, 1.54) is 0 Å². The Morgan fingerprint density at radius 2 is 2.00 bits per heavy atom. The number of hydrogen-bond donors (Lipinski definition) is 0. The summed E-state index contributed by atoms with van der Waals surface area (Å²) < 4.78 is 1.97. The largest absolute Gasteiger partial charge is 0.326 e. The molecule has 2 amide bonds. The summed E-state index contributed by atoms with van der Waals surface area (Å²) in [6.07, 6.45) is 7.22. The van der Waals surface area contributed by atoms with Crippen LogP contribution in [0.3, 0.4) is 0 Å². The van der Waals surface area contributed by atoms with Crippen LogP contribution in [0.1, 0.15) is 17.4 Å². The first-order valence-corrected chi connectivity index (χ1v) is 8.17. The van der Waals surface area contributed by atoms with E-state index >= 15 is 0 Å². The minimum atomic E-state index is 0.0444. The highest BCUT2D eigenvalue weighted by Crippen LogP contribution is 2.26. The Morgan fingerprint density at radius 3 is 2.71 bits per heavy atom. The first kappa shape index (κ1) is 15.1. The molecule has 2 saturated heterocycles. The van der Waals surface area contributed by atoms with Crippen LogP contribution in [0.5, 0.6) is 0 Å². The number of urea groups is 1. The number of aryl methyl sites for hydroxylation is 1. The molecule has 2 aromatic heterocycles. The molecule has 0 bridgehead atoms. The zero-order valence-electron chi connectivity index (χ0n) is 14.0. The van der Waals surface area contributed by atoms with Gasteiger partial charge in [-0.3, -0.25) is 24.4 Å². The van der Waals surface area contributed by atoms with Crippen LogP contribution in [0.2, 0.25) is 0 Å². The Morgan fingerprint density at radius 1 is 1.21 bits per heavy atom. The fourth-order valence-electron chi connectivity index (χ4n) is 3.20. The van der Waals surface area contributed by atoms with Crippen molar-refractivity contribution in [3.8, 4) is 0 Å². The summed E-state index contributed by atoms with van der Waals surface area (Å²) >= 11 is 0. The number of rotatable bonds is 4. The second kappa shape index (κ2) is 5.86. The molecule has 0 aliphatic carbocycles. The third kappa shape index (κ3) is 2.62. The molecule has 24 heavy (non-hydrogen) atoms. The molecule has 2 aliphatic heterocycles. The zero-order chi connectivity index (χ0) is 16.7. The van der Waals surface area contributed by atoms with Crippen LogP contribution in [0, 0.1) is 6.92 Å². The molecule has 0 aromatic carbocycles. The highest BCUT2D eigenvalue weighted by atomic mass is 16.2. The van der Waals surface area contributed by atoms with Crippen LogP contribution in [0.25, 0.3) is 0 Å². The molecule has 0 N–H and O–H groups in total. The second-order valence-corrected chi connectivity index (χ2v) is 6.47. The minimum absolute atomic E-state index is 0.0444.